The molecule has 2 amide bonds. The van der Waals surface area contributed by atoms with Crippen molar-refractivity contribution in [3.63, 3.8) is 0 Å². The molecule has 0 aliphatic carbocycles. The highest BCUT2D eigenvalue weighted by molar-refractivity contribution is 7.16. The second-order valence-corrected chi connectivity index (χ2v) is 8.94. The molecule has 150 valence electrons. The molecule has 29 heavy (non-hydrogen) atoms. The van der Waals surface area contributed by atoms with Gasteiger partial charge >= 0.3 is 0 Å². The number of aromatic nitrogens is 1. The molecule has 1 aliphatic rings. The predicted molar refractivity (Wildman–Crippen MR) is 118 cm³/mol. The molecule has 1 atom stereocenters. The summed E-state index contributed by atoms with van der Waals surface area (Å²) in [6, 6.07) is 10.4. The lowest BCUT2D eigenvalue weighted by atomic mass is 9.92. The highest BCUT2D eigenvalue weighted by Crippen LogP contribution is 2.35. The van der Waals surface area contributed by atoms with Gasteiger partial charge in [0.15, 0.2) is 0 Å². The molecule has 0 spiro atoms. The molecule has 0 radical (unpaired) electrons. The number of hydrogen-bond donors (Lipinski definition) is 1. The standard InChI is InChI=1S/C23H25N3O2S/c1-14-15(2)29-22(25-16(3)27)21(14)23(28)26-10-6-9-19(13-26)20-11-17-7-4-5-8-18(17)12-24-20/h4-5,7-8,11-12,19H,6,9-10,13H2,1-3H3,(H,25,27)/t19-/m0/s1. The molecule has 1 saturated heterocycles. The minimum absolute atomic E-state index is 0.00101. The molecule has 1 aliphatic heterocycles. The van der Waals surface area contributed by atoms with Crippen molar-refractivity contribution in [1.29, 1.82) is 0 Å². The number of carbonyl (C=O) groups excluding carboxylic acids is 2. The Labute approximate surface area is 174 Å². The average molecular weight is 408 g/mol. The van der Waals surface area contributed by atoms with E-state index in [0.29, 0.717) is 17.1 Å². The minimum atomic E-state index is -0.155. The van der Waals surface area contributed by atoms with Gasteiger partial charge in [-0.3, -0.25) is 14.6 Å². The molecule has 3 aromatic rings. The highest BCUT2D eigenvalue weighted by Gasteiger charge is 2.30. The van der Waals surface area contributed by atoms with E-state index in [0.717, 1.165) is 40.9 Å². The Morgan fingerprint density at radius 1 is 1.21 bits per heavy atom. The van der Waals surface area contributed by atoms with Crippen LogP contribution in [0.2, 0.25) is 0 Å². The fourth-order valence-corrected chi connectivity index (χ4v) is 5.12. The number of thiophene rings is 1. The normalized spacial score (nSPS) is 16.8. The fraction of sp³-hybridized carbons (Fsp3) is 0.348. The Morgan fingerprint density at radius 3 is 2.72 bits per heavy atom. The zero-order valence-corrected chi connectivity index (χ0v) is 17.8. The summed E-state index contributed by atoms with van der Waals surface area (Å²) in [5.41, 5.74) is 2.63. The number of nitrogens with one attached hydrogen (secondary N) is 1. The van der Waals surface area contributed by atoms with E-state index in [9.17, 15) is 9.59 Å². The number of pyridine rings is 1. The van der Waals surface area contributed by atoms with E-state index >= 15 is 0 Å². The number of rotatable bonds is 3. The van der Waals surface area contributed by atoms with Crippen LogP contribution in [0.1, 0.15) is 52.2 Å². The van der Waals surface area contributed by atoms with Crippen molar-refractivity contribution in [1.82, 2.24) is 9.88 Å². The summed E-state index contributed by atoms with van der Waals surface area (Å²) in [4.78, 5) is 32.6. The van der Waals surface area contributed by atoms with Crippen LogP contribution in [0.4, 0.5) is 5.00 Å². The Bertz CT molecular complexity index is 1090. The number of nitrogens with zero attached hydrogens (tertiary/aromatic N) is 2. The first-order chi connectivity index (χ1) is 13.9. The maximum absolute atomic E-state index is 13.4. The second-order valence-electron chi connectivity index (χ2n) is 7.72. The molecular formula is C23H25N3O2S. The van der Waals surface area contributed by atoms with Crippen LogP contribution in [0.25, 0.3) is 10.8 Å². The molecule has 4 rings (SSSR count). The Morgan fingerprint density at radius 2 is 1.97 bits per heavy atom. The molecule has 6 heteroatoms. The van der Waals surface area contributed by atoms with Crippen molar-refractivity contribution in [3.05, 3.63) is 58.2 Å². The van der Waals surface area contributed by atoms with Crippen molar-refractivity contribution < 1.29 is 9.59 Å². The molecular weight excluding hydrogens is 382 g/mol. The second kappa shape index (κ2) is 7.95. The summed E-state index contributed by atoms with van der Waals surface area (Å²) < 4.78 is 0. The predicted octanol–water partition coefficient (Wildman–Crippen LogP) is 4.89. The fourth-order valence-electron chi connectivity index (χ4n) is 4.02. The molecule has 5 nitrogen and oxygen atoms in total. The Hall–Kier alpha value is -2.73. The molecule has 3 heterocycles. The van der Waals surface area contributed by atoms with Gasteiger partial charge in [-0.05, 0) is 43.7 Å². The number of aryl methyl sites for hydroxylation is 1. The van der Waals surface area contributed by atoms with Crippen LogP contribution in [0.15, 0.2) is 36.5 Å². The van der Waals surface area contributed by atoms with Crippen molar-refractivity contribution >= 4 is 38.9 Å². The van der Waals surface area contributed by atoms with Crippen LogP contribution in [0.5, 0.6) is 0 Å². The number of anilines is 1. The van der Waals surface area contributed by atoms with E-state index in [2.05, 4.69) is 28.5 Å². The molecule has 1 aromatic carbocycles. The van der Waals surface area contributed by atoms with Gasteiger partial charge in [0.05, 0.1) is 5.56 Å². The van der Waals surface area contributed by atoms with Gasteiger partial charge in [0.1, 0.15) is 5.00 Å². The van der Waals surface area contributed by atoms with Crippen molar-refractivity contribution in [2.45, 2.75) is 39.5 Å². The summed E-state index contributed by atoms with van der Waals surface area (Å²) in [6.07, 6.45) is 3.89. The zero-order valence-electron chi connectivity index (χ0n) is 17.0. The summed E-state index contributed by atoms with van der Waals surface area (Å²) in [5, 5.41) is 5.80. The Kier molecular flexibility index (Phi) is 5.37. The molecule has 1 N–H and O–H groups in total. The van der Waals surface area contributed by atoms with E-state index in [1.54, 1.807) is 0 Å². The van der Waals surface area contributed by atoms with Gasteiger partial charge in [-0.1, -0.05) is 24.3 Å². The number of benzene rings is 1. The van der Waals surface area contributed by atoms with Gasteiger partial charge in [-0.25, -0.2) is 0 Å². The maximum atomic E-state index is 13.4. The van der Waals surface area contributed by atoms with Crippen molar-refractivity contribution in [2.75, 3.05) is 18.4 Å². The van der Waals surface area contributed by atoms with Gasteiger partial charge in [-0.15, -0.1) is 11.3 Å². The number of likely N-dealkylation sites (tertiary alicyclic amines) is 1. The lowest BCUT2D eigenvalue weighted by Crippen LogP contribution is -2.39. The number of piperidine rings is 1. The third kappa shape index (κ3) is 3.90. The van der Waals surface area contributed by atoms with E-state index in [-0.39, 0.29) is 17.7 Å². The van der Waals surface area contributed by atoms with Gasteiger partial charge < -0.3 is 10.2 Å². The molecule has 2 aromatic heterocycles. The minimum Gasteiger partial charge on any atom is -0.338 e. The van der Waals surface area contributed by atoms with Gasteiger partial charge in [-0.2, -0.15) is 0 Å². The number of carbonyl (C=O) groups is 2. The summed E-state index contributed by atoms with van der Waals surface area (Å²) >= 11 is 1.47. The van der Waals surface area contributed by atoms with Crippen LogP contribution in [0.3, 0.4) is 0 Å². The SMILES string of the molecule is CC(=O)Nc1sc(C)c(C)c1C(=O)N1CCC[C@H](c2cc3ccccc3cn2)C1. The van der Waals surface area contributed by atoms with Crippen LogP contribution >= 0.6 is 11.3 Å². The smallest absolute Gasteiger partial charge is 0.257 e. The topological polar surface area (TPSA) is 62.3 Å². The lowest BCUT2D eigenvalue weighted by Gasteiger charge is -2.33. The molecule has 0 saturated carbocycles. The monoisotopic (exact) mass is 407 g/mol. The quantitative estimate of drug-likeness (QED) is 0.672. The van der Waals surface area contributed by atoms with E-state index in [1.807, 2.05) is 37.1 Å². The lowest BCUT2D eigenvalue weighted by molar-refractivity contribution is -0.114. The molecule has 0 bridgehead atoms. The van der Waals surface area contributed by atoms with Crippen LogP contribution < -0.4 is 5.32 Å². The summed E-state index contributed by atoms with van der Waals surface area (Å²) in [5.74, 6) is 0.0693. The van der Waals surface area contributed by atoms with Crippen molar-refractivity contribution in [2.24, 2.45) is 0 Å². The first-order valence-corrected chi connectivity index (χ1v) is 10.8. The van der Waals surface area contributed by atoms with Gasteiger partial charge in [0.2, 0.25) is 5.91 Å². The van der Waals surface area contributed by atoms with E-state index in [1.165, 1.54) is 23.6 Å². The van der Waals surface area contributed by atoms with E-state index < -0.39 is 0 Å². The van der Waals surface area contributed by atoms with Crippen molar-refractivity contribution in [3.8, 4) is 0 Å². The van der Waals surface area contributed by atoms with E-state index in [4.69, 9.17) is 0 Å². The molecule has 0 unspecified atom stereocenters. The Balaban J connectivity index is 1.60. The van der Waals surface area contributed by atoms with Gasteiger partial charge in [0.25, 0.3) is 5.91 Å². The van der Waals surface area contributed by atoms with Gasteiger partial charge in [0, 0.05) is 48.1 Å². The third-order valence-corrected chi connectivity index (χ3v) is 6.79. The summed E-state index contributed by atoms with van der Waals surface area (Å²) in [6.45, 7) is 6.80. The maximum Gasteiger partial charge on any atom is 0.257 e. The number of fused-ring (bicyclic) bond motifs is 1. The van der Waals surface area contributed by atoms with Crippen LogP contribution in [0, 0.1) is 13.8 Å². The molecule has 1 fully saturated rings. The summed E-state index contributed by atoms with van der Waals surface area (Å²) in [7, 11) is 0. The first-order valence-electron chi connectivity index (χ1n) is 9.95. The third-order valence-electron chi connectivity index (χ3n) is 5.67. The van der Waals surface area contributed by atoms with Crippen LogP contribution in [-0.2, 0) is 4.79 Å². The van der Waals surface area contributed by atoms with Crippen LogP contribution in [-0.4, -0.2) is 34.8 Å². The number of amides is 2. The average Bonchev–Trinajstić information content (AvgIpc) is 2.99. The highest BCUT2D eigenvalue weighted by atomic mass is 32.1. The zero-order chi connectivity index (χ0) is 20.5. The largest absolute Gasteiger partial charge is 0.338 e. The first kappa shape index (κ1) is 19.6. The number of hydrogen-bond acceptors (Lipinski definition) is 4.